The molecule has 2 aliphatic carbocycles. The third-order valence-electron chi connectivity index (χ3n) is 6.76. The number of nitrogens with one attached hydrogen (secondary N) is 1. The van der Waals surface area contributed by atoms with Gasteiger partial charge in [0, 0.05) is 11.3 Å². The van der Waals surface area contributed by atoms with Crippen LogP contribution in [0.1, 0.15) is 35.8 Å². The number of aromatic nitrogens is 1. The van der Waals surface area contributed by atoms with Crippen molar-refractivity contribution in [2.45, 2.75) is 35.5 Å². The number of hydrogen-bond acceptors (Lipinski definition) is 6. The van der Waals surface area contributed by atoms with Crippen LogP contribution >= 0.6 is 23.1 Å². The Labute approximate surface area is 174 Å². The molecule has 29 heavy (non-hydrogen) atoms. The van der Waals surface area contributed by atoms with E-state index in [1.807, 2.05) is 23.9 Å². The largest absolute Gasteiger partial charge is 0.460 e. The lowest BCUT2D eigenvalue weighted by Crippen LogP contribution is -2.33. The second-order valence-corrected chi connectivity index (χ2v) is 10.4. The molecule has 2 fully saturated rings. The molecule has 0 spiro atoms. The molecule has 0 saturated heterocycles. The Bertz CT molecular complexity index is 1180. The Hall–Kier alpha value is -2.32. The normalized spacial score (nSPS) is 29.6. The van der Waals surface area contributed by atoms with E-state index < -0.39 is 0 Å². The second kappa shape index (κ2) is 6.34. The maximum Gasteiger partial charge on any atom is 0.305 e. The number of nitrogens with zero attached hydrogens (tertiary/aromatic N) is 1. The molecule has 2 bridgehead atoms. The molecule has 0 unspecified atom stereocenters. The van der Waals surface area contributed by atoms with Gasteiger partial charge in [-0.25, -0.2) is 0 Å². The highest BCUT2D eigenvalue weighted by atomic mass is 32.2. The van der Waals surface area contributed by atoms with Gasteiger partial charge in [0.15, 0.2) is 0 Å². The summed E-state index contributed by atoms with van der Waals surface area (Å²) >= 11 is 3.13. The van der Waals surface area contributed by atoms with E-state index in [2.05, 4.69) is 4.98 Å². The van der Waals surface area contributed by atoms with Crippen molar-refractivity contribution in [3.8, 4) is 11.3 Å². The molecule has 3 aromatic rings. The first kappa shape index (κ1) is 17.5. The first-order valence-electron chi connectivity index (χ1n) is 9.83. The molecule has 5 atom stereocenters. The van der Waals surface area contributed by atoms with Gasteiger partial charge in [-0.15, -0.1) is 11.8 Å². The van der Waals surface area contributed by atoms with Crippen molar-refractivity contribution in [3.05, 3.63) is 66.8 Å². The molecular formula is C21H18N2O4S2. The number of thiazole rings is 1. The highest BCUT2D eigenvalue weighted by molar-refractivity contribution is 8.00. The predicted molar refractivity (Wildman–Crippen MR) is 112 cm³/mol. The SMILES string of the molecule is O=c1[nH]c2c(s1)[C@@H](c1ccc(-c3ccccc3[N+](=O)[O-])o1)[C@H]1[C@H]3CC[C@@H](C3)[C@@H]1S2. The molecule has 6 nitrogen and oxygen atoms in total. The Balaban J connectivity index is 1.47. The van der Waals surface area contributed by atoms with Crippen LogP contribution in [0.25, 0.3) is 11.3 Å². The summed E-state index contributed by atoms with van der Waals surface area (Å²) in [6, 6.07) is 10.4. The van der Waals surface area contributed by atoms with E-state index in [0.29, 0.717) is 34.3 Å². The summed E-state index contributed by atoms with van der Waals surface area (Å²) < 4.78 is 6.26. The van der Waals surface area contributed by atoms with Gasteiger partial charge in [0.25, 0.3) is 5.69 Å². The van der Waals surface area contributed by atoms with E-state index in [9.17, 15) is 14.9 Å². The third-order valence-corrected chi connectivity index (χ3v) is 9.39. The fourth-order valence-corrected chi connectivity index (χ4v) is 8.55. The number of aromatic amines is 1. The van der Waals surface area contributed by atoms with E-state index in [-0.39, 0.29) is 21.4 Å². The van der Waals surface area contributed by atoms with Crippen LogP contribution in [0.15, 0.2) is 50.6 Å². The van der Waals surface area contributed by atoms with E-state index in [0.717, 1.165) is 15.7 Å². The van der Waals surface area contributed by atoms with Crippen molar-refractivity contribution in [2.24, 2.45) is 17.8 Å². The predicted octanol–water partition coefficient (Wildman–Crippen LogP) is 5.26. The van der Waals surface area contributed by atoms with Crippen molar-refractivity contribution in [2.75, 3.05) is 0 Å². The molecule has 0 amide bonds. The highest BCUT2D eigenvalue weighted by Crippen LogP contribution is 2.63. The molecule has 8 heteroatoms. The Kier molecular flexibility index (Phi) is 3.83. The first-order chi connectivity index (χ1) is 14.1. The van der Waals surface area contributed by atoms with Crippen LogP contribution in [0, 0.1) is 27.9 Å². The van der Waals surface area contributed by atoms with Crippen LogP contribution in [-0.4, -0.2) is 15.2 Å². The Morgan fingerprint density at radius 1 is 1.14 bits per heavy atom. The summed E-state index contributed by atoms with van der Waals surface area (Å²) in [6.45, 7) is 0. The fourth-order valence-electron chi connectivity index (χ4n) is 5.67. The van der Waals surface area contributed by atoms with Gasteiger partial charge in [0.05, 0.1) is 26.3 Å². The number of hydrogen-bond donors (Lipinski definition) is 1. The molecular weight excluding hydrogens is 408 g/mol. The fraction of sp³-hybridized carbons (Fsp3) is 0.381. The smallest absolute Gasteiger partial charge is 0.305 e. The number of H-pyrrole nitrogens is 1. The molecule has 0 radical (unpaired) electrons. The summed E-state index contributed by atoms with van der Waals surface area (Å²) in [5.41, 5.74) is 0.526. The molecule has 2 aromatic heterocycles. The molecule has 2 saturated carbocycles. The Morgan fingerprint density at radius 3 is 2.83 bits per heavy atom. The van der Waals surface area contributed by atoms with Gasteiger partial charge >= 0.3 is 4.87 Å². The standard InChI is InChI=1S/C21H18N2O4S2/c24-21-22-20-19(29-21)17(16-10-5-6-11(9-10)18(16)28-20)15-8-7-14(27-15)12-3-1-2-4-13(12)23(25)26/h1-4,7-8,10-11,16-18H,5-6,9H2,(H,22,24)/t10-,11-,16+,17-,18-/m0/s1. The van der Waals surface area contributed by atoms with Crippen LogP contribution in [-0.2, 0) is 0 Å². The zero-order valence-electron chi connectivity index (χ0n) is 15.4. The van der Waals surface area contributed by atoms with Crippen LogP contribution < -0.4 is 4.87 Å². The van der Waals surface area contributed by atoms with Gasteiger partial charge in [0.2, 0.25) is 0 Å². The monoisotopic (exact) mass is 426 g/mol. The van der Waals surface area contributed by atoms with Gasteiger partial charge in [-0.3, -0.25) is 14.9 Å². The summed E-state index contributed by atoms with van der Waals surface area (Å²) in [5, 5.41) is 12.9. The lowest BCUT2D eigenvalue weighted by atomic mass is 9.77. The van der Waals surface area contributed by atoms with E-state index in [1.54, 1.807) is 18.2 Å². The van der Waals surface area contributed by atoms with E-state index in [1.165, 1.54) is 36.7 Å². The second-order valence-electron chi connectivity index (χ2n) is 8.15. The molecule has 3 heterocycles. The third kappa shape index (κ3) is 2.58. The average Bonchev–Trinajstić information content (AvgIpc) is 3.49. The minimum Gasteiger partial charge on any atom is -0.460 e. The Morgan fingerprint density at radius 2 is 1.97 bits per heavy atom. The van der Waals surface area contributed by atoms with Crippen molar-refractivity contribution >= 4 is 28.8 Å². The lowest BCUT2D eigenvalue weighted by molar-refractivity contribution is -0.384. The van der Waals surface area contributed by atoms with Crippen molar-refractivity contribution in [1.29, 1.82) is 0 Å². The lowest BCUT2D eigenvalue weighted by Gasteiger charge is -2.38. The van der Waals surface area contributed by atoms with Crippen LogP contribution in [0.3, 0.4) is 0 Å². The van der Waals surface area contributed by atoms with Crippen LogP contribution in [0.2, 0.25) is 0 Å². The number of nitro groups is 1. The summed E-state index contributed by atoms with van der Waals surface area (Å²) in [5.74, 6) is 3.20. The summed E-state index contributed by atoms with van der Waals surface area (Å²) in [4.78, 5) is 27.2. The van der Waals surface area contributed by atoms with Crippen molar-refractivity contribution in [1.82, 2.24) is 4.98 Å². The number of benzene rings is 1. The topological polar surface area (TPSA) is 89.1 Å². The molecule has 1 aliphatic heterocycles. The number of thioether (sulfide) groups is 1. The van der Waals surface area contributed by atoms with Gasteiger partial charge < -0.3 is 9.40 Å². The van der Waals surface area contributed by atoms with Gasteiger partial charge in [0.1, 0.15) is 11.5 Å². The summed E-state index contributed by atoms with van der Waals surface area (Å²) in [6.07, 6.45) is 3.78. The molecule has 1 aromatic carbocycles. The van der Waals surface area contributed by atoms with Gasteiger partial charge in [-0.2, -0.15) is 0 Å². The van der Waals surface area contributed by atoms with E-state index in [4.69, 9.17) is 4.42 Å². The zero-order chi connectivity index (χ0) is 19.7. The molecule has 3 aliphatic rings. The van der Waals surface area contributed by atoms with Crippen LogP contribution in [0.4, 0.5) is 5.69 Å². The summed E-state index contributed by atoms with van der Waals surface area (Å²) in [7, 11) is 0. The number of furan rings is 1. The molecule has 148 valence electrons. The van der Waals surface area contributed by atoms with Crippen molar-refractivity contribution < 1.29 is 9.34 Å². The molecule has 6 rings (SSSR count). The number of fused-ring (bicyclic) bond motifs is 6. The minimum absolute atomic E-state index is 0.0229. The number of rotatable bonds is 3. The van der Waals surface area contributed by atoms with Crippen molar-refractivity contribution in [3.63, 3.8) is 0 Å². The van der Waals surface area contributed by atoms with Crippen LogP contribution in [0.5, 0.6) is 0 Å². The number of nitro benzene ring substituents is 1. The minimum atomic E-state index is -0.378. The maximum atomic E-state index is 12.1. The van der Waals surface area contributed by atoms with Gasteiger partial charge in [-0.1, -0.05) is 23.5 Å². The highest BCUT2D eigenvalue weighted by Gasteiger charge is 2.55. The zero-order valence-corrected chi connectivity index (χ0v) is 17.0. The van der Waals surface area contributed by atoms with E-state index >= 15 is 0 Å². The number of para-hydroxylation sites is 1. The maximum absolute atomic E-state index is 12.1. The first-order valence-corrected chi connectivity index (χ1v) is 11.5. The average molecular weight is 427 g/mol. The quantitative estimate of drug-likeness (QED) is 0.456. The van der Waals surface area contributed by atoms with Gasteiger partial charge in [-0.05, 0) is 55.2 Å². The molecule has 1 N–H and O–H groups in total.